The van der Waals surface area contributed by atoms with Crippen LogP contribution in [-0.2, 0) is 13.9 Å². The molecule has 1 saturated carbocycles. The molecule has 3 aromatic rings. The monoisotopic (exact) mass is 472 g/mol. The number of ether oxygens (including phenoxy) is 2. The van der Waals surface area contributed by atoms with Crippen LogP contribution < -0.4 is 10.4 Å². The van der Waals surface area contributed by atoms with Crippen molar-refractivity contribution in [2.45, 2.75) is 76.1 Å². The second-order valence-electron chi connectivity index (χ2n) is 11.0. The first-order valence-corrected chi connectivity index (χ1v) is 14.4. The zero-order valence-corrected chi connectivity index (χ0v) is 21.7. The van der Waals surface area contributed by atoms with E-state index in [9.17, 15) is 0 Å². The Hall–Kier alpha value is -2.24. The lowest BCUT2D eigenvalue weighted by molar-refractivity contribution is -0.0962. The van der Waals surface area contributed by atoms with Crippen LogP contribution in [0.5, 0.6) is 0 Å². The highest BCUT2D eigenvalue weighted by atomic mass is 28.4. The van der Waals surface area contributed by atoms with E-state index in [4.69, 9.17) is 13.9 Å². The fourth-order valence-corrected chi connectivity index (χ4v) is 10.6. The van der Waals surface area contributed by atoms with E-state index in [0.717, 1.165) is 24.8 Å². The molecule has 3 unspecified atom stereocenters. The zero-order chi connectivity index (χ0) is 23.8. The van der Waals surface area contributed by atoms with Crippen LogP contribution >= 0.6 is 0 Å². The molecule has 0 spiro atoms. The zero-order valence-electron chi connectivity index (χ0n) is 20.7. The van der Waals surface area contributed by atoms with Gasteiger partial charge in [0, 0.05) is 18.1 Å². The third-order valence-corrected chi connectivity index (χ3v) is 12.7. The molecule has 4 atom stereocenters. The molecule has 1 aliphatic heterocycles. The number of rotatable bonds is 5. The lowest BCUT2D eigenvalue weighted by atomic mass is 9.82. The van der Waals surface area contributed by atoms with Gasteiger partial charge in [0.25, 0.3) is 8.32 Å². The fraction of sp³-hybridized carbons (Fsp3) is 0.400. The second kappa shape index (κ2) is 9.08. The first kappa shape index (κ1) is 23.5. The lowest BCUT2D eigenvalue weighted by Crippen LogP contribution is -2.68. The first-order chi connectivity index (χ1) is 16.3. The van der Waals surface area contributed by atoms with Crippen LogP contribution in [0.25, 0.3) is 0 Å². The molecule has 0 N–H and O–H groups in total. The van der Waals surface area contributed by atoms with Crippen molar-refractivity contribution in [3.8, 4) is 0 Å². The molecule has 178 valence electrons. The average molecular weight is 473 g/mol. The molecule has 0 radical (unpaired) electrons. The largest absolute Gasteiger partial charge is 0.404 e. The van der Waals surface area contributed by atoms with Gasteiger partial charge in [-0.15, -0.1) is 0 Å². The van der Waals surface area contributed by atoms with Gasteiger partial charge in [-0.05, 0) is 35.2 Å². The molecule has 0 amide bonds. The molecule has 2 aliphatic rings. The summed E-state index contributed by atoms with van der Waals surface area (Å²) < 4.78 is 20.4. The van der Waals surface area contributed by atoms with Crippen LogP contribution in [0.15, 0.2) is 91.0 Å². The number of fused-ring (bicyclic) bond motifs is 1. The van der Waals surface area contributed by atoms with E-state index < -0.39 is 8.32 Å². The minimum absolute atomic E-state index is 0.0347. The van der Waals surface area contributed by atoms with Crippen molar-refractivity contribution in [1.82, 2.24) is 0 Å². The van der Waals surface area contributed by atoms with Crippen LogP contribution in [0.4, 0.5) is 0 Å². The third-order valence-electron chi connectivity index (χ3n) is 7.56. The molecule has 34 heavy (non-hydrogen) atoms. The van der Waals surface area contributed by atoms with Gasteiger partial charge < -0.3 is 13.9 Å². The molecular formula is C30H36O3Si. The summed E-state index contributed by atoms with van der Waals surface area (Å²) in [4.78, 5) is 0. The van der Waals surface area contributed by atoms with Crippen molar-refractivity contribution < 1.29 is 13.9 Å². The van der Waals surface area contributed by atoms with Gasteiger partial charge in [-0.1, -0.05) is 112 Å². The molecule has 1 aliphatic carbocycles. The number of benzene rings is 3. The Morgan fingerprint density at radius 2 is 1.32 bits per heavy atom. The summed E-state index contributed by atoms with van der Waals surface area (Å²) in [5.74, 6) is 0. The van der Waals surface area contributed by atoms with Gasteiger partial charge in [0.15, 0.2) is 6.29 Å². The van der Waals surface area contributed by atoms with Crippen molar-refractivity contribution in [2.24, 2.45) is 0 Å². The second-order valence-corrected chi connectivity index (χ2v) is 15.2. The Labute approximate surface area is 205 Å². The van der Waals surface area contributed by atoms with Crippen molar-refractivity contribution >= 4 is 18.7 Å². The highest BCUT2D eigenvalue weighted by molar-refractivity contribution is 6.99. The summed E-state index contributed by atoms with van der Waals surface area (Å²) in [5.41, 5.74) is 0.733. The minimum Gasteiger partial charge on any atom is -0.404 e. The molecule has 0 bridgehead atoms. The van der Waals surface area contributed by atoms with E-state index in [1.54, 1.807) is 0 Å². The van der Waals surface area contributed by atoms with E-state index in [0.29, 0.717) is 0 Å². The molecule has 3 nitrogen and oxygen atoms in total. The van der Waals surface area contributed by atoms with Crippen LogP contribution in [-0.4, -0.2) is 26.1 Å². The van der Waals surface area contributed by atoms with Crippen molar-refractivity contribution in [3.05, 3.63) is 96.6 Å². The SMILES string of the molecule is CC12CC(O[Si](c3ccccc3)(c3ccccc3)C(C)(C)C)CC[C@@H]1OC(c1ccccc1)O2. The predicted molar refractivity (Wildman–Crippen MR) is 140 cm³/mol. The molecule has 3 aromatic carbocycles. The minimum atomic E-state index is -2.59. The summed E-state index contributed by atoms with van der Waals surface area (Å²) in [6.45, 7) is 9.23. The molecule has 2 fully saturated rings. The third kappa shape index (κ3) is 4.18. The van der Waals surface area contributed by atoms with Crippen molar-refractivity contribution in [1.29, 1.82) is 0 Å². The van der Waals surface area contributed by atoms with E-state index >= 15 is 0 Å². The van der Waals surface area contributed by atoms with Gasteiger partial charge in [-0.25, -0.2) is 0 Å². The smallest absolute Gasteiger partial charge is 0.261 e. The summed E-state index contributed by atoms with van der Waals surface area (Å²) in [7, 11) is -2.59. The summed E-state index contributed by atoms with van der Waals surface area (Å²) in [6, 6.07) is 32.1. The van der Waals surface area contributed by atoms with Gasteiger partial charge in [0.2, 0.25) is 0 Å². The molecule has 5 rings (SSSR count). The molecule has 1 heterocycles. The summed E-state index contributed by atoms with van der Waals surface area (Å²) >= 11 is 0. The standard InChI is InChI=1S/C30H36O3Si/c1-29(2,3)34(25-16-10-6-11-17-25,26-18-12-7-13-19-26)33-24-20-21-27-30(4,22-24)32-28(31-27)23-14-8-5-9-15-23/h5-19,24,27-28H,20-22H2,1-4H3/t24?,27-,28?,30?/m0/s1. The van der Waals surface area contributed by atoms with Crippen LogP contribution in [0.3, 0.4) is 0 Å². The summed E-state index contributed by atoms with van der Waals surface area (Å²) in [6.07, 6.45) is 2.68. The van der Waals surface area contributed by atoms with Crippen LogP contribution in [0, 0.1) is 0 Å². The molecular weight excluding hydrogens is 436 g/mol. The van der Waals surface area contributed by atoms with Gasteiger partial charge in [0.1, 0.15) is 0 Å². The van der Waals surface area contributed by atoms with Crippen LogP contribution in [0.1, 0.15) is 58.8 Å². The lowest BCUT2D eigenvalue weighted by Gasteiger charge is -2.48. The van der Waals surface area contributed by atoms with E-state index in [-0.39, 0.29) is 29.1 Å². The number of hydrogen-bond donors (Lipinski definition) is 0. The maximum Gasteiger partial charge on any atom is 0.261 e. The van der Waals surface area contributed by atoms with E-state index in [1.807, 2.05) is 18.2 Å². The van der Waals surface area contributed by atoms with Crippen LogP contribution in [0.2, 0.25) is 5.04 Å². The van der Waals surface area contributed by atoms with E-state index in [1.165, 1.54) is 10.4 Å². The summed E-state index contributed by atoms with van der Waals surface area (Å²) in [5, 5.41) is 2.62. The Morgan fingerprint density at radius 1 is 0.794 bits per heavy atom. The Balaban J connectivity index is 1.47. The Bertz CT molecular complexity index is 1040. The van der Waals surface area contributed by atoms with Gasteiger partial charge in [-0.3, -0.25) is 0 Å². The fourth-order valence-electron chi connectivity index (χ4n) is 5.88. The van der Waals surface area contributed by atoms with E-state index in [2.05, 4.69) is 100 Å². The first-order valence-electron chi connectivity index (χ1n) is 12.5. The maximum atomic E-state index is 7.43. The van der Waals surface area contributed by atoms with Crippen molar-refractivity contribution in [2.75, 3.05) is 0 Å². The predicted octanol–water partition coefficient (Wildman–Crippen LogP) is 5.99. The highest BCUT2D eigenvalue weighted by Gasteiger charge is 2.55. The highest BCUT2D eigenvalue weighted by Crippen LogP contribution is 2.48. The normalized spacial score (nSPS) is 27.4. The van der Waals surface area contributed by atoms with Gasteiger partial charge in [0.05, 0.1) is 11.7 Å². The molecule has 1 saturated heterocycles. The topological polar surface area (TPSA) is 27.7 Å². The Kier molecular flexibility index (Phi) is 6.28. The molecule has 0 aromatic heterocycles. The van der Waals surface area contributed by atoms with Gasteiger partial charge >= 0.3 is 0 Å². The van der Waals surface area contributed by atoms with Crippen molar-refractivity contribution in [3.63, 3.8) is 0 Å². The quantitative estimate of drug-likeness (QED) is 0.427. The Morgan fingerprint density at radius 3 is 1.85 bits per heavy atom. The maximum absolute atomic E-state index is 7.43. The van der Waals surface area contributed by atoms with Gasteiger partial charge in [-0.2, -0.15) is 0 Å². The molecule has 4 heteroatoms. The number of hydrogen-bond acceptors (Lipinski definition) is 3. The average Bonchev–Trinajstić information content (AvgIpc) is 3.20.